The van der Waals surface area contributed by atoms with E-state index in [0.717, 1.165) is 49.5 Å². The highest BCUT2D eigenvalue weighted by Gasteiger charge is 2.43. The quantitative estimate of drug-likeness (QED) is 0.440. The molecule has 1 N–H and O–H groups in total. The third kappa shape index (κ3) is 4.64. The number of hydrogen-bond acceptors (Lipinski definition) is 5. The maximum atomic E-state index is 12.8. The van der Waals surface area contributed by atoms with E-state index in [1.807, 2.05) is 29.1 Å². The number of rotatable bonds is 7. The third-order valence-electron chi connectivity index (χ3n) is 7.46. The molecule has 1 amide bonds. The van der Waals surface area contributed by atoms with E-state index in [0.29, 0.717) is 18.5 Å². The lowest BCUT2D eigenvalue weighted by atomic mass is 9.75. The number of benzene rings is 2. The zero-order chi connectivity index (χ0) is 23.6. The smallest absolute Gasteiger partial charge is 0.225 e. The van der Waals surface area contributed by atoms with Crippen molar-refractivity contribution in [3.8, 4) is 22.4 Å². The van der Waals surface area contributed by atoms with Gasteiger partial charge in [0.2, 0.25) is 5.91 Å². The Morgan fingerprint density at radius 3 is 2.54 bits per heavy atom. The molecule has 2 unspecified atom stereocenters. The van der Waals surface area contributed by atoms with Crippen LogP contribution in [-0.2, 0) is 17.9 Å². The van der Waals surface area contributed by atoms with Crippen LogP contribution in [0.2, 0.25) is 0 Å². The van der Waals surface area contributed by atoms with Crippen molar-refractivity contribution in [2.24, 2.45) is 11.8 Å². The molecule has 2 aromatic heterocycles. The van der Waals surface area contributed by atoms with Crippen LogP contribution in [0.1, 0.15) is 18.6 Å². The summed E-state index contributed by atoms with van der Waals surface area (Å²) < 4.78 is 7.29. The number of aromatic nitrogens is 3. The van der Waals surface area contributed by atoms with Crippen molar-refractivity contribution >= 4 is 5.91 Å². The summed E-state index contributed by atoms with van der Waals surface area (Å²) in [6, 6.07) is 23.0. The van der Waals surface area contributed by atoms with Crippen LogP contribution in [0.3, 0.4) is 0 Å². The van der Waals surface area contributed by atoms with Crippen LogP contribution in [0.15, 0.2) is 83.6 Å². The minimum absolute atomic E-state index is 0.0457. The Hall–Kier alpha value is -3.71. The Morgan fingerprint density at radius 2 is 1.80 bits per heavy atom. The zero-order valence-electron chi connectivity index (χ0n) is 19.6. The molecule has 2 aromatic carbocycles. The highest BCUT2D eigenvalue weighted by atomic mass is 16.3. The molecule has 178 valence electrons. The molecule has 0 radical (unpaired) electrons. The van der Waals surface area contributed by atoms with Crippen molar-refractivity contribution in [2.75, 3.05) is 13.1 Å². The van der Waals surface area contributed by atoms with E-state index < -0.39 is 0 Å². The number of carbonyl (C=O) groups excluding carboxylic acids is 1. The first kappa shape index (κ1) is 21.8. The van der Waals surface area contributed by atoms with Gasteiger partial charge in [0.05, 0.1) is 31.5 Å². The SMILES string of the molecule is O=C(NCc1ccco1)[C@H]1CN2CCC1C[C@@H]2Cn1cc(-c2ccc(-c3ccccc3)cc2)nn1. The van der Waals surface area contributed by atoms with Gasteiger partial charge in [-0.3, -0.25) is 14.4 Å². The summed E-state index contributed by atoms with van der Waals surface area (Å²) in [5.41, 5.74) is 4.35. The van der Waals surface area contributed by atoms with Gasteiger partial charge in [-0.15, -0.1) is 5.10 Å². The minimum atomic E-state index is 0.0457. The average Bonchev–Trinajstić information content (AvgIpc) is 3.61. The fourth-order valence-corrected chi connectivity index (χ4v) is 5.54. The van der Waals surface area contributed by atoms with E-state index in [9.17, 15) is 4.79 Å². The summed E-state index contributed by atoms with van der Waals surface area (Å²) in [4.78, 5) is 15.3. The van der Waals surface area contributed by atoms with Gasteiger partial charge in [0.1, 0.15) is 11.5 Å². The van der Waals surface area contributed by atoms with Crippen LogP contribution in [0.5, 0.6) is 0 Å². The molecule has 35 heavy (non-hydrogen) atoms. The van der Waals surface area contributed by atoms with Gasteiger partial charge in [-0.05, 0) is 48.6 Å². The maximum Gasteiger partial charge on any atom is 0.225 e. The Kier molecular flexibility index (Phi) is 5.92. The molecule has 3 fully saturated rings. The monoisotopic (exact) mass is 467 g/mol. The average molecular weight is 468 g/mol. The first-order valence-corrected chi connectivity index (χ1v) is 12.3. The van der Waals surface area contributed by atoms with E-state index in [1.165, 1.54) is 11.1 Å². The molecule has 7 nitrogen and oxygen atoms in total. The zero-order valence-corrected chi connectivity index (χ0v) is 19.6. The maximum absolute atomic E-state index is 12.8. The van der Waals surface area contributed by atoms with Crippen LogP contribution in [0.4, 0.5) is 0 Å². The van der Waals surface area contributed by atoms with Gasteiger partial charge < -0.3 is 9.73 Å². The number of piperidine rings is 3. The summed E-state index contributed by atoms with van der Waals surface area (Å²) in [5.74, 6) is 1.38. The molecule has 3 aliphatic heterocycles. The van der Waals surface area contributed by atoms with E-state index in [4.69, 9.17) is 4.42 Å². The second-order valence-electron chi connectivity index (χ2n) is 9.61. The molecule has 7 heteroatoms. The number of nitrogens with one attached hydrogen (secondary N) is 1. The van der Waals surface area contributed by atoms with Gasteiger partial charge in [0, 0.05) is 18.2 Å². The lowest BCUT2D eigenvalue weighted by Gasteiger charge is -2.49. The van der Waals surface area contributed by atoms with Crippen molar-refractivity contribution in [3.05, 3.63) is 85.0 Å². The lowest BCUT2D eigenvalue weighted by molar-refractivity contribution is -0.133. The predicted molar refractivity (Wildman–Crippen MR) is 133 cm³/mol. The van der Waals surface area contributed by atoms with E-state index in [-0.39, 0.29) is 11.8 Å². The van der Waals surface area contributed by atoms with Crippen LogP contribution < -0.4 is 5.32 Å². The van der Waals surface area contributed by atoms with Gasteiger partial charge in [-0.25, -0.2) is 0 Å². The predicted octanol–water partition coefficient (Wildman–Crippen LogP) is 4.23. The normalized spacial score (nSPS) is 23.3. The van der Waals surface area contributed by atoms with Crippen molar-refractivity contribution in [3.63, 3.8) is 0 Å². The van der Waals surface area contributed by atoms with Crippen molar-refractivity contribution in [2.45, 2.75) is 32.0 Å². The molecule has 0 saturated carbocycles. The molecule has 5 heterocycles. The van der Waals surface area contributed by atoms with E-state index >= 15 is 0 Å². The number of nitrogens with zero attached hydrogens (tertiary/aromatic N) is 4. The first-order chi connectivity index (χ1) is 17.2. The molecule has 4 atom stereocenters. The number of carbonyl (C=O) groups is 1. The summed E-state index contributed by atoms with van der Waals surface area (Å²) in [7, 11) is 0. The topological polar surface area (TPSA) is 76.2 Å². The van der Waals surface area contributed by atoms with Crippen LogP contribution in [0.25, 0.3) is 22.4 Å². The lowest BCUT2D eigenvalue weighted by Crippen LogP contribution is -2.57. The van der Waals surface area contributed by atoms with Crippen LogP contribution in [0, 0.1) is 11.8 Å². The Bertz CT molecular complexity index is 1270. The molecule has 7 rings (SSSR count). The number of hydrogen-bond donors (Lipinski definition) is 1. The molecule has 3 saturated heterocycles. The van der Waals surface area contributed by atoms with Crippen LogP contribution >= 0.6 is 0 Å². The number of furan rings is 1. The third-order valence-corrected chi connectivity index (χ3v) is 7.46. The molecule has 0 aliphatic carbocycles. The van der Waals surface area contributed by atoms with Crippen LogP contribution in [-0.4, -0.2) is 44.9 Å². The van der Waals surface area contributed by atoms with Gasteiger partial charge in [-0.1, -0.05) is 59.8 Å². The molecule has 2 bridgehead atoms. The fourth-order valence-electron chi connectivity index (χ4n) is 5.54. The van der Waals surface area contributed by atoms with E-state index in [1.54, 1.807) is 6.26 Å². The largest absolute Gasteiger partial charge is 0.467 e. The minimum Gasteiger partial charge on any atom is -0.467 e. The standard InChI is InChI=1S/C28H29N5O2/c34-28(29-16-25-7-4-14-35-25)26-18-32-13-12-23(26)15-24(32)17-33-19-27(30-31-33)22-10-8-21(9-11-22)20-5-2-1-3-6-20/h1-11,14,19,23-24,26H,12-13,15-18H2,(H,29,34)/t23?,24-,26+/m1/s1. The molecular formula is C28H29N5O2. The van der Waals surface area contributed by atoms with Gasteiger partial charge in [0.15, 0.2) is 0 Å². The Balaban J connectivity index is 1.07. The second-order valence-corrected chi connectivity index (χ2v) is 9.61. The second kappa shape index (κ2) is 9.50. The fraction of sp³-hybridized carbons (Fsp3) is 0.321. The first-order valence-electron chi connectivity index (χ1n) is 12.3. The molecule has 0 spiro atoms. The summed E-state index contributed by atoms with van der Waals surface area (Å²) in [6.45, 7) is 3.10. The Labute approximate surface area is 204 Å². The summed E-state index contributed by atoms with van der Waals surface area (Å²) >= 11 is 0. The molecule has 4 aromatic rings. The van der Waals surface area contributed by atoms with Gasteiger partial charge >= 0.3 is 0 Å². The highest BCUT2D eigenvalue weighted by molar-refractivity contribution is 5.79. The number of amides is 1. The highest BCUT2D eigenvalue weighted by Crippen LogP contribution is 2.37. The van der Waals surface area contributed by atoms with Crippen molar-refractivity contribution in [1.29, 1.82) is 0 Å². The summed E-state index contributed by atoms with van der Waals surface area (Å²) in [5, 5.41) is 11.9. The number of fused-ring (bicyclic) bond motifs is 3. The molecular weight excluding hydrogens is 438 g/mol. The Morgan fingerprint density at radius 1 is 1.00 bits per heavy atom. The van der Waals surface area contributed by atoms with Crippen molar-refractivity contribution in [1.82, 2.24) is 25.2 Å². The van der Waals surface area contributed by atoms with Crippen molar-refractivity contribution < 1.29 is 9.21 Å². The molecule has 3 aliphatic rings. The van der Waals surface area contributed by atoms with Gasteiger partial charge in [-0.2, -0.15) is 0 Å². The van der Waals surface area contributed by atoms with E-state index in [2.05, 4.69) is 69.1 Å². The summed E-state index contributed by atoms with van der Waals surface area (Å²) in [6.07, 6.45) is 5.76. The van der Waals surface area contributed by atoms with Gasteiger partial charge in [0.25, 0.3) is 0 Å².